The van der Waals surface area contributed by atoms with Crippen molar-refractivity contribution in [3.8, 4) is 0 Å². The second kappa shape index (κ2) is 5.96. The predicted molar refractivity (Wildman–Crippen MR) is 80.6 cm³/mol. The molecule has 1 aromatic carbocycles. The number of piperidine rings is 1. The van der Waals surface area contributed by atoms with Crippen molar-refractivity contribution < 1.29 is 4.79 Å². The first-order chi connectivity index (χ1) is 9.74. The maximum absolute atomic E-state index is 12.6. The van der Waals surface area contributed by atoms with Gasteiger partial charge in [0.15, 0.2) is 0 Å². The first-order valence-electron chi connectivity index (χ1n) is 7.76. The molecule has 108 valence electrons. The molecule has 1 aliphatic heterocycles. The van der Waals surface area contributed by atoms with E-state index in [0.29, 0.717) is 11.8 Å². The van der Waals surface area contributed by atoms with Gasteiger partial charge in [0, 0.05) is 19.5 Å². The minimum atomic E-state index is 0.166. The van der Waals surface area contributed by atoms with E-state index in [9.17, 15) is 4.79 Å². The zero-order valence-electron chi connectivity index (χ0n) is 12.3. The van der Waals surface area contributed by atoms with Crippen LogP contribution in [0.15, 0.2) is 24.3 Å². The lowest BCUT2D eigenvalue weighted by Gasteiger charge is -2.29. The van der Waals surface area contributed by atoms with E-state index in [0.717, 1.165) is 32.5 Å². The Morgan fingerprint density at radius 1 is 1.20 bits per heavy atom. The molecule has 1 aliphatic carbocycles. The van der Waals surface area contributed by atoms with Crippen LogP contribution in [0.25, 0.3) is 0 Å². The summed E-state index contributed by atoms with van der Waals surface area (Å²) >= 11 is 0. The van der Waals surface area contributed by atoms with E-state index in [2.05, 4.69) is 29.6 Å². The van der Waals surface area contributed by atoms with Crippen LogP contribution in [0.5, 0.6) is 0 Å². The average Bonchev–Trinajstić information content (AvgIpc) is 2.91. The molecule has 0 atom stereocenters. The average molecular weight is 272 g/mol. The molecular weight excluding hydrogens is 248 g/mol. The molecule has 1 aromatic rings. The van der Waals surface area contributed by atoms with Crippen LogP contribution >= 0.6 is 0 Å². The summed E-state index contributed by atoms with van der Waals surface area (Å²) in [7, 11) is 1.98. The second-order valence-corrected chi connectivity index (χ2v) is 6.29. The van der Waals surface area contributed by atoms with Crippen molar-refractivity contribution in [2.24, 2.45) is 11.8 Å². The van der Waals surface area contributed by atoms with Gasteiger partial charge in [0.1, 0.15) is 0 Å². The molecule has 1 amide bonds. The number of amides is 1. The highest BCUT2D eigenvalue weighted by atomic mass is 16.2. The summed E-state index contributed by atoms with van der Waals surface area (Å²) < 4.78 is 0. The Bertz CT molecular complexity index is 455. The van der Waals surface area contributed by atoms with Crippen molar-refractivity contribution in [3.63, 3.8) is 0 Å². The molecule has 0 radical (unpaired) electrons. The molecule has 2 aliphatic rings. The van der Waals surface area contributed by atoms with Gasteiger partial charge in [-0.3, -0.25) is 4.79 Å². The normalized spacial score (nSPS) is 19.9. The van der Waals surface area contributed by atoms with E-state index in [4.69, 9.17) is 0 Å². The molecule has 0 unspecified atom stereocenters. The lowest BCUT2D eigenvalue weighted by molar-refractivity contribution is -0.134. The van der Waals surface area contributed by atoms with Crippen LogP contribution in [0.2, 0.25) is 0 Å². The Morgan fingerprint density at radius 2 is 1.80 bits per heavy atom. The maximum atomic E-state index is 12.6. The van der Waals surface area contributed by atoms with Crippen molar-refractivity contribution in [3.05, 3.63) is 35.4 Å². The molecule has 0 spiro atoms. The first kappa shape index (κ1) is 13.6. The SMILES string of the molecule is CN(CC1CCNCC1)C(=O)C1Cc2ccccc2C1. The fourth-order valence-corrected chi connectivity index (χ4v) is 3.59. The van der Waals surface area contributed by atoms with Gasteiger partial charge in [0.05, 0.1) is 0 Å². The third-order valence-electron chi connectivity index (χ3n) is 4.77. The summed E-state index contributed by atoms with van der Waals surface area (Å²) in [6, 6.07) is 8.47. The minimum absolute atomic E-state index is 0.166. The summed E-state index contributed by atoms with van der Waals surface area (Å²) in [5.41, 5.74) is 2.72. The van der Waals surface area contributed by atoms with Gasteiger partial charge in [0.25, 0.3) is 0 Å². The van der Waals surface area contributed by atoms with Gasteiger partial charge in [-0.25, -0.2) is 0 Å². The molecular formula is C17H24N2O. The van der Waals surface area contributed by atoms with Crippen LogP contribution in [0.3, 0.4) is 0 Å². The Balaban J connectivity index is 1.57. The Labute approximate surface area is 121 Å². The monoisotopic (exact) mass is 272 g/mol. The Kier molecular flexibility index (Phi) is 4.06. The molecule has 1 fully saturated rings. The number of benzene rings is 1. The van der Waals surface area contributed by atoms with Crippen LogP contribution in [0.4, 0.5) is 0 Å². The standard InChI is InChI=1S/C17H24N2O/c1-19(12-13-6-8-18-9-7-13)17(20)16-10-14-4-2-3-5-15(14)11-16/h2-5,13,16,18H,6-12H2,1H3. The van der Waals surface area contributed by atoms with Gasteiger partial charge in [-0.2, -0.15) is 0 Å². The van der Waals surface area contributed by atoms with E-state index < -0.39 is 0 Å². The minimum Gasteiger partial charge on any atom is -0.345 e. The highest BCUT2D eigenvalue weighted by molar-refractivity contribution is 5.80. The summed E-state index contributed by atoms with van der Waals surface area (Å²) in [6.07, 6.45) is 4.24. The molecule has 0 bridgehead atoms. The quantitative estimate of drug-likeness (QED) is 0.911. The summed E-state index contributed by atoms with van der Waals surface area (Å²) in [5, 5.41) is 3.38. The molecule has 1 N–H and O–H groups in total. The molecule has 1 saturated heterocycles. The number of rotatable bonds is 3. The van der Waals surface area contributed by atoms with E-state index in [-0.39, 0.29) is 5.92 Å². The van der Waals surface area contributed by atoms with Crippen molar-refractivity contribution in [1.29, 1.82) is 0 Å². The number of nitrogens with one attached hydrogen (secondary N) is 1. The zero-order chi connectivity index (χ0) is 13.9. The molecule has 0 aromatic heterocycles. The van der Waals surface area contributed by atoms with Crippen LogP contribution in [0.1, 0.15) is 24.0 Å². The molecule has 1 heterocycles. The highest BCUT2D eigenvalue weighted by Crippen LogP contribution is 2.28. The smallest absolute Gasteiger partial charge is 0.226 e. The maximum Gasteiger partial charge on any atom is 0.226 e. The number of hydrogen-bond acceptors (Lipinski definition) is 2. The highest BCUT2D eigenvalue weighted by Gasteiger charge is 2.30. The van der Waals surface area contributed by atoms with Crippen LogP contribution in [0, 0.1) is 11.8 Å². The lowest BCUT2D eigenvalue weighted by atomic mass is 9.96. The zero-order valence-corrected chi connectivity index (χ0v) is 12.3. The van der Waals surface area contributed by atoms with Gasteiger partial charge in [-0.1, -0.05) is 24.3 Å². The third kappa shape index (κ3) is 2.88. The molecule has 0 saturated carbocycles. The van der Waals surface area contributed by atoms with Crippen molar-refractivity contribution in [2.75, 3.05) is 26.7 Å². The van der Waals surface area contributed by atoms with E-state index >= 15 is 0 Å². The van der Waals surface area contributed by atoms with Crippen molar-refractivity contribution >= 4 is 5.91 Å². The molecule has 3 rings (SSSR count). The van der Waals surface area contributed by atoms with E-state index in [1.54, 1.807) is 0 Å². The molecule has 3 nitrogen and oxygen atoms in total. The summed E-state index contributed by atoms with van der Waals surface area (Å²) in [4.78, 5) is 14.6. The first-order valence-corrected chi connectivity index (χ1v) is 7.76. The number of hydrogen-bond donors (Lipinski definition) is 1. The van der Waals surface area contributed by atoms with Gasteiger partial charge >= 0.3 is 0 Å². The third-order valence-corrected chi connectivity index (χ3v) is 4.77. The van der Waals surface area contributed by atoms with E-state index in [1.165, 1.54) is 24.0 Å². The fourth-order valence-electron chi connectivity index (χ4n) is 3.59. The largest absolute Gasteiger partial charge is 0.345 e. The Hall–Kier alpha value is -1.35. The summed E-state index contributed by atoms with van der Waals surface area (Å²) in [5.74, 6) is 1.17. The van der Waals surface area contributed by atoms with Crippen molar-refractivity contribution in [2.45, 2.75) is 25.7 Å². The Morgan fingerprint density at radius 3 is 2.40 bits per heavy atom. The van der Waals surface area contributed by atoms with Gasteiger partial charge in [-0.05, 0) is 55.8 Å². The number of nitrogens with zero attached hydrogens (tertiary/aromatic N) is 1. The van der Waals surface area contributed by atoms with Crippen LogP contribution < -0.4 is 5.32 Å². The van der Waals surface area contributed by atoms with Gasteiger partial charge in [-0.15, -0.1) is 0 Å². The lowest BCUT2D eigenvalue weighted by Crippen LogP contribution is -2.40. The molecule has 3 heteroatoms. The van der Waals surface area contributed by atoms with E-state index in [1.807, 2.05) is 11.9 Å². The fraction of sp³-hybridized carbons (Fsp3) is 0.588. The van der Waals surface area contributed by atoms with Gasteiger partial charge < -0.3 is 10.2 Å². The number of carbonyl (C=O) groups is 1. The van der Waals surface area contributed by atoms with Crippen LogP contribution in [-0.4, -0.2) is 37.5 Å². The second-order valence-electron chi connectivity index (χ2n) is 6.29. The van der Waals surface area contributed by atoms with Crippen molar-refractivity contribution in [1.82, 2.24) is 10.2 Å². The number of fused-ring (bicyclic) bond motifs is 1. The van der Waals surface area contributed by atoms with Crippen LogP contribution in [-0.2, 0) is 17.6 Å². The predicted octanol–water partition coefficient (Wildman–Crippen LogP) is 1.86. The number of carbonyl (C=O) groups excluding carboxylic acids is 1. The topological polar surface area (TPSA) is 32.3 Å². The molecule has 20 heavy (non-hydrogen) atoms. The summed E-state index contributed by atoms with van der Waals surface area (Å²) in [6.45, 7) is 3.12. The van der Waals surface area contributed by atoms with Gasteiger partial charge in [0.2, 0.25) is 5.91 Å².